The number of thioether (sulfide) groups is 2. The first-order valence-corrected chi connectivity index (χ1v) is 12.4. The molecule has 4 nitrogen and oxygen atoms in total. The molecule has 1 spiro atoms. The fraction of sp³-hybridized carbons (Fsp3) is 0.682. The summed E-state index contributed by atoms with van der Waals surface area (Å²) in [5.41, 5.74) is 2.40. The van der Waals surface area contributed by atoms with Crippen LogP contribution in [-0.4, -0.2) is 36.6 Å². The molecule has 3 aliphatic rings. The summed E-state index contributed by atoms with van der Waals surface area (Å²) in [5, 5.41) is 2.00. The Kier molecular flexibility index (Phi) is 6.03. The summed E-state index contributed by atoms with van der Waals surface area (Å²) in [5.74, 6) is 1.94. The lowest BCUT2D eigenvalue weighted by atomic mass is 9.75. The van der Waals surface area contributed by atoms with Crippen LogP contribution in [0.3, 0.4) is 0 Å². The highest BCUT2D eigenvalue weighted by atomic mass is 32.2. The van der Waals surface area contributed by atoms with E-state index < -0.39 is 0 Å². The molecular formula is C22H32N2O2S2. The molecule has 5 atom stereocenters. The zero-order valence-corrected chi connectivity index (χ0v) is 19.2. The van der Waals surface area contributed by atoms with Crippen LogP contribution in [0.1, 0.15) is 45.6 Å². The van der Waals surface area contributed by atoms with Gasteiger partial charge < -0.3 is 4.74 Å². The molecule has 4 rings (SSSR count). The molecule has 28 heavy (non-hydrogen) atoms. The van der Waals surface area contributed by atoms with Crippen molar-refractivity contribution >= 4 is 33.6 Å². The Labute approximate surface area is 177 Å². The molecule has 1 aliphatic carbocycles. The maximum atomic E-state index is 7.01. The maximum Gasteiger partial charge on any atom is 0.175 e. The molecule has 0 aromatic heterocycles. The summed E-state index contributed by atoms with van der Waals surface area (Å²) in [4.78, 5) is 10.8. The first kappa shape index (κ1) is 20.6. The smallest absolute Gasteiger partial charge is 0.175 e. The minimum Gasteiger partial charge on any atom is -0.351 e. The second-order valence-corrected chi connectivity index (χ2v) is 11.0. The van der Waals surface area contributed by atoms with Gasteiger partial charge in [-0.2, -0.15) is 0 Å². The van der Waals surface area contributed by atoms with E-state index in [9.17, 15) is 0 Å². The molecule has 0 saturated heterocycles. The van der Waals surface area contributed by atoms with Gasteiger partial charge in [-0.3, -0.25) is 9.83 Å². The summed E-state index contributed by atoms with van der Waals surface area (Å²) >= 11 is 3.58. The highest BCUT2D eigenvalue weighted by Gasteiger charge is 2.57. The van der Waals surface area contributed by atoms with Crippen molar-refractivity contribution in [3.8, 4) is 0 Å². The molecular weight excluding hydrogens is 388 g/mol. The SMILES string of the molecule is CON1c2ccccc2[C@@]2(CN=C(SC)S2)[C@H]1O[C@H]1C[C@@H](C)CC[C@@H]1C(C)C. The summed E-state index contributed by atoms with van der Waals surface area (Å²) in [6, 6.07) is 8.56. The van der Waals surface area contributed by atoms with Gasteiger partial charge in [-0.15, -0.1) is 11.8 Å². The van der Waals surface area contributed by atoms with E-state index in [1.807, 2.05) is 16.8 Å². The van der Waals surface area contributed by atoms with Crippen LogP contribution < -0.4 is 5.06 Å². The van der Waals surface area contributed by atoms with Gasteiger partial charge in [0.2, 0.25) is 0 Å². The van der Waals surface area contributed by atoms with Crippen molar-refractivity contribution in [1.29, 1.82) is 0 Å². The third-order valence-electron chi connectivity index (χ3n) is 6.56. The van der Waals surface area contributed by atoms with Crippen molar-refractivity contribution in [1.82, 2.24) is 0 Å². The average molecular weight is 421 g/mol. The van der Waals surface area contributed by atoms with Crippen LogP contribution in [0.2, 0.25) is 0 Å². The monoisotopic (exact) mass is 420 g/mol. The summed E-state index contributed by atoms with van der Waals surface area (Å²) in [6.07, 6.45) is 5.89. The third kappa shape index (κ3) is 3.40. The van der Waals surface area contributed by atoms with E-state index in [1.165, 1.54) is 18.4 Å². The lowest BCUT2D eigenvalue weighted by Crippen LogP contribution is -2.50. The molecule has 1 aromatic carbocycles. The lowest BCUT2D eigenvalue weighted by molar-refractivity contribution is -0.117. The number of aliphatic imine (C=N–C) groups is 1. The van der Waals surface area contributed by atoms with Crippen LogP contribution in [0.25, 0.3) is 0 Å². The van der Waals surface area contributed by atoms with Crippen molar-refractivity contribution in [2.45, 2.75) is 57.1 Å². The van der Waals surface area contributed by atoms with Gasteiger partial charge in [-0.05, 0) is 42.9 Å². The predicted octanol–water partition coefficient (Wildman–Crippen LogP) is 5.53. The van der Waals surface area contributed by atoms with Crippen LogP contribution >= 0.6 is 23.5 Å². The molecule has 0 unspecified atom stereocenters. The molecule has 1 aromatic rings. The topological polar surface area (TPSA) is 34.1 Å². The van der Waals surface area contributed by atoms with Crippen LogP contribution in [0.4, 0.5) is 5.69 Å². The number of hydrogen-bond donors (Lipinski definition) is 0. The summed E-state index contributed by atoms with van der Waals surface area (Å²) in [7, 11) is 1.76. The van der Waals surface area contributed by atoms with Gasteiger partial charge >= 0.3 is 0 Å². The number of ether oxygens (including phenoxy) is 1. The Bertz CT molecular complexity index is 741. The minimum atomic E-state index is -0.229. The quantitative estimate of drug-likeness (QED) is 0.639. The summed E-state index contributed by atoms with van der Waals surface area (Å²) < 4.78 is 7.92. The number of rotatable bonds is 4. The molecule has 154 valence electrons. The second-order valence-electron chi connectivity index (χ2n) is 8.66. The van der Waals surface area contributed by atoms with Gasteiger partial charge in [-0.1, -0.05) is 57.2 Å². The van der Waals surface area contributed by atoms with E-state index in [0.717, 1.165) is 23.0 Å². The van der Waals surface area contributed by atoms with Crippen molar-refractivity contribution in [2.75, 3.05) is 25.0 Å². The number of anilines is 1. The fourth-order valence-electron chi connectivity index (χ4n) is 5.05. The van der Waals surface area contributed by atoms with Crippen molar-refractivity contribution in [3.05, 3.63) is 29.8 Å². The van der Waals surface area contributed by atoms with Gasteiger partial charge in [0.1, 0.15) is 9.12 Å². The fourth-order valence-corrected chi connectivity index (χ4v) is 7.12. The van der Waals surface area contributed by atoms with Gasteiger partial charge in [0.25, 0.3) is 0 Å². The number of benzene rings is 1. The minimum absolute atomic E-state index is 0.162. The zero-order valence-electron chi connectivity index (χ0n) is 17.6. The standard InChI is InChI=1S/C22H32N2O2S2/c1-14(2)16-11-10-15(3)12-19(16)26-20-22(13-23-21(27-5)28-22)17-8-6-7-9-18(17)24(20)25-4/h6-9,14-16,19-20H,10-13H2,1-5H3/t15-,16+,19-,20+,22-/m0/s1. The van der Waals surface area contributed by atoms with E-state index in [2.05, 4.69) is 51.3 Å². The van der Waals surface area contributed by atoms with Crippen molar-refractivity contribution in [3.63, 3.8) is 0 Å². The molecule has 2 heterocycles. The highest BCUT2D eigenvalue weighted by Crippen LogP contribution is 2.57. The number of fused-ring (bicyclic) bond motifs is 2. The second kappa shape index (κ2) is 8.21. The first-order valence-electron chi connectivity index (χ1n) is 10.4. The Morgan fingerprint density at radius 2 is 2.07 bits per heavy atom. The number of hydroxylamine groups is 1. The van der Waals surface area contributed by atoms with E-state index in [0.29, 0.717) is 17.8 Å². The molecule has 1 fully saturated rings. The molecule has 0 radical (unpaired) electrons. The average Bonchev–Trinajstić information content (AvgIpc) is 3.23. The predicted molar refractivity (Wildman–Crippen MR) is 121 cm³/mol. The highest BCUT2D eigenvalue weighted by molar-refractivity contribution is 8.39. The zero-order chi connectivity index (χ0) is 19.9. The largest absolute Gasteiger partial charge is 0.351 e. The van der Waals surface area contributed by atoms with Crippen molar-refractivity contribution in [2.24, 2.45) is 22.7 Å². The van der Waals surface area contributed by atoms with Gasteiger partial charge in [0.15, 0.2) is 6.23 Å². The Morgan fingerprint density at radius 1 is 1.29 bits per heavy atom. The Morgan fingerprint density at radius 3 is 2.75 bits per heavy atom. The third-order valence-corrected chi connectivity index (χ3v) is 9.01. The lowest BCUT2D eigenvalue weighted by Gasteiger charge is -2.42. The van der Waals surface area contributed by atoms with Crippen LogP contribution in [0.15, 0.2) is 29.3 Å². The Hall–Kier alpha value is -0.690. The normalized spacial score (nSPS) is 34.9. The van der Waals surface area contributed by atoms with Crippen LogP contribution in [-0.2, 0) is 14.3 Å². The molecule has 0 amide bonds. The van der Waals surface area contributed by atoms with Crippen LogP contribution in [0, 0.1) is 17.8 Å². The van der Waals surface area contributed by atoms with Crippen LogP contribution in [0.5, 0.6) is 0 Å². The van der Waals surface area contributed by atoms with E-state index in [-0.39, 0.29) is 17.1 Å². The maximum absolute atomic E-state index is 7.01. The van der Waals surface area contributed by atoms with E-state index in [1.54, 1.807) is 18.9 Å². The molecule has 6 heteroatoms. The number of nitrogens with zero attached hydrogens (tertiary/aromatic N) is 2. The first-order chi connectivity index (χ1) is 13.5. The number of para-hydroxylation sites is 1. The van der Waals surface area contributed by atoms with Gasteiger partial charge in [0, 0.05) is 5.56 Å². The number of hydrogen-bond acceptors (Lipinski definition) is 6. The Balaban J connectivity index is 1.69. The molecule has 0 N–H and O–H groups in total. The summed E-state index contributed by atoms with van der Waals surface area (Å²) in [6.45, 7) is 7.77. The molecule has 2 aliphatic heterocycles. The van der Waals surface area contributed by atoms with Gasteiger partial charge in [-0.25, -0.2) is 5.06 Å². The molecule has 1 saturated carbocycles. The van der Waals surface area contributed by atoms with Crippen molar-refractivity contribution < 1.29 is 9.57 Å². The van der Waals surface area contributed by atoms with E-state index in [4.69, 9.17) is 14.6 Å². The van der Waals surface area contributed by atoms with E-state index >= 15 is 0 Å². The molecule has 0 bridgehead atoms. The van der Waals surface area contributed by atoms with Gasteiger partial charge in [0.05, 0.1) is 25.4 Å².